The van der Waals surface area contributed by atoms with Crippen LogP contribution < -0.4 is 5.32 Å². The Kier molecular flexibility index (Phi) is 8.05. The smallest absolute Gasteiger partial charge is 0.0710 e. The number of rotatable bonds is 3. The van der Waals surface area contributed by atoms with Crippen LogP contribution in [0, 0.1) is 0 Å². The molecule has 2 aliphatic rings. The van der Waals surface area contributed by atoms with Crippen molar-refractivity contribution in [3.8, 4) is 0 Å². The van der Waals surface area contributed by atoms with E-state index in [0.717, 1.165) is 12.6 Å². The van der Waals surface area contributed by atoms with Gasteiger partial charge < -0.3 is 10.1 Å². The summed E-state index contributed by atoms with van der Waals surface area (Å²) in [6.45, 7) is 2.36. The summed E-state index contributed by atoms with van der Waals surface area (Å²) >= 11 is 0. The molecular weight excluding hydrogens is 260 g/mol. The van der Waals surface area contributed by atoms with Crippen LogP contribution in [0.2, 0.25) is 0 Å². The number of hydrogen-bond acceptors (Lipinski definition) is 3. The first-order chi connectivity index (χ1) is 10.3. The molecule has 2 fully saturated rings. The van der Waals surface area contributed by atoms with Crippen molar-refractivity contribution in [2.45, 2.75) is 88.8 Å². The van der Waals surface area contributed by atoms with E-state index < -0.39 is 0 Å². The lowest BCUT2D eigenvalue weighted by molar-refractivity contribution is 0.0922. The first-order valence-corrected chi connectivity index (χ1v) is 9.29. The quantitative estimate of drug-likeness (QED) is 0.861. The molecule has 3 heteroatoms. The van der Waals surface area contributed by atoms with E-state index in [4.69, 9.17) is 4.74 Å². The van der Waals surface area contributed by atoms with E-state index in [1.807, 2.05) is 7.11 Å². The van der Waals surface area contributed by atoms with Gasteiger partial charge in [-0.2, -0.15) is 0 Å². The molecule has 1 aliphatic carbocycles. The maximum Gasteiger partial charge on any atom is 0.0710 e. The number of ether oxygens (including phenoxy) is 1. The zero-order valence-corrected chi connectivity index (χ0v) is 14.3. The minimum atomic E-state index is 0.462. The second-order valence-electron chi connectivity index (χ2n) is 7.01. The van der Waals surface area contributed by atoms with Crippen molar-refractivity contribution in [1.82, 2.24) is 10.2 Å². The normalized spacial score (nSPS) is 34.3. The lowest BCUT2D eigenvalue weighted by Gasteiger charge is -2.35. The second-order valence-corrected chi connectivity index (χ2v) is 7.01. The molecule has 3 unspecified atom stereocenters. The van der Waals surface area contributed by atoms with Crippen molar-refractivity contribution in [2.75, 3.05) is 27.2 Å². The molecule has 0 bridgehead atoms. The molecule has 0 radical (unpaired) electrons. The zero-order chi connectivity index (χ0) is 14.9. The van der Waals surface area contributed by atoms with Gasteiger partial charge in [-0.15, -0.1) is 0 Å². The molecule has 3 atom stereocenters. The number of hydrogen-bond donors (Lipinski definition) is 1. The van der Waals surface area contributed by atoms with Crippen LogP contribution in [0.3, 0.4) is 0 Å². The number of likely N-dealkylation sites (N-methyl/N-ethyl adjacent to an activating group) is 1. The first-order valence-electron chi connectivity index (χ1n) is 9.29. The van der Waals surface area contributed by atoms with Gasteiger partial charge in [0.05, 0.1) is 6.10 Å². The fraction of sp³-hybridized carbons (Fsp3) is 1.00. The predicted molar refractivity (Wildman–Crippen MR) is 89.8 cm³/mol. The zero-order valence-electron chi connectivity index (χ0n) is 14.3. The van der Waals surface area contributed by atoms with Crippen molar-refractivity contribution >= 4 is 0 Å². The lowest BCUT2D eigenvalue weighted by Crippen LogP contribution is -2.48. The number of likely N-dealkylation sites (tertiary alicyclic amines) is 1. The van der Waals surface area contributed by atoms with Crippen molar-refractivity contribution in [2.24, 2.45) is 0 Å². The van der Waals surface area contributed by atoms with Crippen LogP contribution in [-0.4, -0.2) is 50.3 Å². The fourth-order valence-corrected chi connectivity index (χ4v) is 4.19. The molecule has 1 aliphatic heterocycles. The molecule has 3 nitrogen and oxygen atoms in total. The third kappa shape index (κ3) is 5.54. The summed E-state index contributed by atoms with van der Waals surface area (Å²) in [7, 11) is 4.03. The van der Waals surface area contributed by atoms with E-state index in [9.17, 15) is 0 Å². The molecule has 124 valence electrons. The second kappa shape index (κ2) is 9.81. The van der Waals surface area contributed by atoms with Crippen LogP contribution in [-0.2, 0) is 4.74 Å². The molecule has 0 aromatic carbocycles. The minimum absolute atomic E-state index is 0.462. The van der Waals surface area contributed by atoms with Gasteiger partial charge in [0.2, 0.25) is 0 Å². The summed E-state index contributed by atoms with van der Waals surface area (Å²) in [5, 5.41) is 3.63. The van der Waals surface area contributed by atoms with Crippen molar-refractivity contribution in [3.05, 3.63) is 0 Å². The van der Waals surface area contributed by atoms with Gasteiger partial charge in [-0.1, -0.05) is 51.4 Å². The highest BCUT2D eigenvalue weighted by molar-refractivity contribution is 4.89. The Balaban J connectivity index is 1.93. The van der Waals surface area contributed by atoms with Crippen molar-refractivity contribution in [3.63, 3.8) is 0 Å². The summed E-state index contributed by atoms with van der Waals surface area (Å²) in [6, 6.07) is 1.38. The Morgan fingerprint density at radius 2 is 1.48 bits per heavy atom. The van der Waals surface area contributed by atoms with E-state index in [1.165, 1.54) is 77.2 Å². The standard InChI is InChI=1S/C18H36N2O/c1-19-17-11-9-7-5-3-4-6-8-10-12-18(17)20-14-13-16(15-20)21-2/h16-19H,3-15H2,1-2H3. The molecule has 0 amide bonds. The minimum Gasteiger partial charge on any atom is -0.380 e. The monoisotopic (exact) mass is 296 g/mol. The van der Waals surface area contributed by atoms with E-state index in [2.05, 4.69) is 17.3 Å². The molecule has 0 aromatic rings. The van der Waals surface area contributed by atoms with Gasteiger partial charge in [-0.25, -0.2) is 0 Å². The van der Waals surface area contributed by atoms with Gasteiger partial charge in [0, 0.05) is 32.3 Å². The van der Waals surface area contributed by atoms with Gasteiger partial charge >= 0.3 is 0 Å². The molecule has 2 rings (SSSR count). The van der Waals surface area contributed by atoms with Crippen molar-refractivity contribution < 1.29 is 4.74 Å². The summed E-state index contributed by atoms with van der Waals surface area (Å²) in [5.74, 6) is 0. The maximum absolute atomic E-state index is 5.58. The number of nitrogens with zero attached hydrogens (tertiary/aromatic N) is 1. The molecule has 1 saturated heterocycles. The third-order valence-corrected chi connectivity index (χ3v) is 5.58. The summed E-state index contributed by atoms with van der Waals surface area (Å²) in [5.41, 5.74) is 0. The average molecular weight is 296 g/mol. The SMILES string of the molecule is CNC1CCCCCCCCCCC1N1CCC(OC)C1. The Bertz CT molecular complexity index is 272. The van der Waals surface area contributed by atoms with E-state index in [1.54, 1.807) is 0 Å². The summed E-state index contributed by atoms with van der Waals surface area (Å²) in [4.78, 5) is 2.71. The first kappa shape index (κ1) is 17.2. The highest BCUT2D eigenvalue weighted by atomic mass is 16.5. The third-order valence-electron chi connectivity index (χ3n) is 5.58. The topological polar surface area (TPSA) is 24.5 Å². The summed E-state index contributed by atoms with van der Waals surface area (Å²) in [6.07, 6.45) is 15.8. The Morgan fingerprint density at radius 3 is 2.05 bits per heavy atom. The predicted octanol–water partition coefficient (Wildman–Crippen LogP) is 3.58. The molecular formula is C18H36N2O. The van der Waals surface area contributed by atoms with E-state index in [0.29, 0.717) is 12.1 Å². The van der Waals surface area contributed by atoms with Gasteiger partial charge in [-0.05, 0) is 26.3 Å². The van der Waals surface area contributed by atoms with Crippen molar-refractivity contribution in [1.29, 1.82) is 0 Å². The number of nitrogens with one attached hydrogen (secondary N) is 1. The molecule has 0 aromatic heterocycles. The Labute approximate surface area is 131 Å². The van der Waals surface area contributed by atoms with Gasteiger partial charge in [-0.3, -0.25) is 4.90 Å². The average Bonchev–Trinajstić information content (AvgIpc) is 2.96. The van der Waals surface area contributed by atoms with E-state index in [-0.39, 0.29) is 0 Å². The Morgan fingerprint density at radius 1 is 0.857 bits per heavy atom. The molecule has 1 N–H and O–H groups in total. The largest absolute Gasteiger partial charge is 0.380 e. The van der Waals surface area contributed by atoms with Gasteiger partial charge in [0.1, 0.15) is 0 Å². The maximum atomic E-state index is 5.58. The highest BCUT2D eigenvalue weighted by Crippen LogP contribution is 2.24. The molecule has 21 heavy (non-hydrogen) atoms. The van der Waals surface area contributed by atoms with Crippen LogP contribution in [0.25, 0.3) is 0 Å². The van der Waals surface area contributed by atoms with Crippen LogP contribution in [0.5, 0.6) is 0 Å². The van der Waals surface area contributed by atoms with Gasteiger partial charge in [0.15, 0.2) is 0 Å². The molecule has 0 spiro atoms. The fourth-order valence-electron chi connectivity index (χ4n) is 4.19. The molecule has 1 heterocycles. The van der Waals surface area contributed by atoms with E-state index >= 15 is 0 Å². The summed E-state index contributed by atoms with van der Waals surface area (Å²) < 4.78 is 5.58. The van der Waals surface area contributed by atoms with Gasteiger partial charge in [0.25, 0.3) is 0 Å². The van der Waals surface area contributed by atoms with Crippen LogP contribution in [0.4, 0.5) is 0 Å². The van der Waals surface area contributed by atoms with Crippen LogP contribution in [0.15, 0.2) is 0 Å². The molecule has 1 saturated carbocycles. The van der Waals surface area contributed by atoms with Crippen LogP contribution in [0.1, 0.15) is 70.6 Å². The lowest BCUT2D eigenvalue weighted by atomic mass is 9.93. The highest BCUT2D eigenvalue weighted by Gasteiger charge is 2.32. The Hall–Kier alpha value is -0.120. The van der Waals surface area contributed by atoms with Crippen LogP contribution >= 0.6 is 0 Å². The number of methoxy groups -OCH3 is 1.